The second-order valence-electron chi connectivity index (χ2n) is 7.31. The lowest BCUT2D eigenvalue weighted by Crippen LogP contribution is -2.13. The first kappa shape index (κ1) is 39.4. The van der Waals surface area contributed by atoms with Crippen LogP contribution in [0.5, 0.6) is 5.75 Å². The van der Waals surface area contributed by atoms with Crippen molar-refractivity contribution in [2.45, 2.75) is 95.1 Å². The van der Waals surface area contributed by atoms with Crippen LogP contribution in [-0.4, -0.2) is 12.9 Å². The molecule has 3 nitrogen and oxygen atoms in total. The van der Waals surface area contributed by atoms with Crippen LogP contribution in [0.25, 0.3) is 0 Å². The molecule has 0 spiro atoms. The molecule has 0 heterocycles. The maximum Gasteiger partial charge on any atom is 0.181 e. The van der Waals surface area contributed by atoms with Crippen LogP contribution >= 0.6 is 0 Å². The van der Waals surface area contributed by atoms with Crippen LogP contribution in [-0.2, 0) is 9.53 Å². The minimum absolute atomic E-state index is 0.0501. The first-order chi connectivity index (χ1) is 16.7. The number of benzene rings is 1. The Bertz CT molecular complexity index is 704. The molecule has 0 aliphatic carbocycles. The fourth-order valence-electron chi connectivity index (χ4n) is 1.99. The van der Waals surface area contributed by atoms with E-state index in [4.69, 9.17) is 9.47 Å². The molecule has 1 aromatic rings. The Morgan fingerprint density at radius 1 is 0.886 bits per heavy atom. The third-order valence-electron chi connectivity index (χ3n) is 3.41. The van der Waals surface area contributed by atoms with E-state index in [-0.39, 0.29) is 5.78 Å². The number of ether oxygens (including phenoxy) is 2. The molecule has 0 saturated carbocycles. The van der Waals surface area contributed by atoms with Crippen molar-refractivity contribution >= 4 is 5.78 Å². The molecule has 0 aromatic heterocycles. The molecule has 3 heteroatoms. The number of hydrogen-bond donors (Lipinski definition) is 0. The van der Waals surface area contributed by atoms with Gasteiger partial charge in [0.05, 0.1) is 7.11 Å². The number of carbonyl (C=O) groups is 1. The molecule has 0 amide bonds. The van der Waals surface area contributed by atoms with Gasteiger partial charge in [-0.15, -0.1) is 0 Å². The highest BCUT2D eigenvalue weighted by atomic mass is 16.5. The van der Waals surface area contributed by atoms with Crippen LogP contribution in [0.1, 0.15) is 101 Å². The van der Waals surface area contributed by atoms with E-state index in [1.54, 1.807) is 19.3 Å². The van der Waals surface area contributed by atoms with Crippen molar-refractivity contribution in [3.05, 3.63) is 90.3 Å². The van der Waals surface area contributed by atoms with Crippen molar-refractivity contribution in [1.82, 2.24) is 0 Å². The fourth-order valence-corrected chi connectivity index (χ4v) is 1.99. The van der Waals surface area contributed by atoms with Gasteiger partial charge in [0.25, 0.3) is 0 Å². The molecule has 1 rings (SSSR count). The van der Waals surface area contributed by atoms with Gasteiger partial charge in [-0.3, -0.25) is 4.79 Å². The summed E-state index contributed by atoms with van der Waals surface area (Å²) in [5, 5.41) is 0. The van der Waals surface area contributed by atoms with Crippen LogP contribution in [0.4, 0.5) is 0 Å². The second-order valence-corrected chi connectivity index (χ2v) is 7.31. The highest BCUT2D eigenvalue weighted by molar-refractivity contribution is 5.82. The Morgan fingerprint density at radius 2 is 1.31 bits per heavy atom. The van der Waals surface area contributed by atoms with Crippen LogP contribution in [0.2, 0.25) is 0 Å². The summed E-state index contributed by atoms with van der Waals surface area (Å²) < 4.78 is 11.0. The molecule has 0 bridgehead atoms. The van der Waals surface area contributed by atoms with E-state index in [1.807, 2.05) is 96.2 Å². The van der Waals surface area contributed by atoms with Crippen molar-refractivity contribution in [3.63, 3.8) is 0 Å². The normalized spacial score (nSPS) is 10.3. The second kappa shape index (κ2) is 31.2. The quantitative estimate of drug-likeness (QED) is 0.271. The Hall–Kier alpha value is -2.81. The summed E-state index contributed by atoms with van der Waals surface area (Å²) in [6.07, 6.45) is 15.1. The SMILES string of the molecule is C/C=C\C=C/C.C=C/C=C\C(OC(C(C)=O)c1ccc(OC)cc1)=C(C)C.CC.CCC.CCC. The summed E-state index contributed by atoms with van der Waals surface area (Å²) in [4.78, 5) is 11.9. The molecule has 200 valence electrons. The lowest BCUT2D eigenvalue weighted by molar-refractivity contribution is -0.126. The lowest BCUT2D eigenvalue weighted by Gasteiger charge is -2.19. The molecule has 1 unspecified atom stereocenters. The van der Waals surface area contributed by atoms with Gasteiger partial charge in [0.15, 0.2) is 11.9 Å². The maximum atomic E-state index is 11.9. The molecule has 0 aliphatic rings. The number of methoxy groups -OCH3 is 1. The Balaban J connectivity index is -0.000000283. The number of carbonyl (C=O) groups excluding carboxylic acids is 1. The monoisotopic (exact) mass is 486 g/mol. The van der Waals surface area contributed by atoms with E-state index in [1.165, 1.54) is 19.8 Å². The third kappa shape index (κ3) is 25.6. The van der Waals surface area contributed by atoms with Gasteiger partial charge in [-0.2, -0.15) is 0 Å². The van der Waals surface area contributed by atoms with E-state index < -0.39 is 6.10 Å². The molecule has 0 aliphatic heterocycles. The smallest absolute Gasteiger partial charge is 0.181 e. The molecule has 0 radical (unpaired) electrons. The summed E-state index contributed by atoms with van der Waals surface area (Å²) >= 11 is 0. The molecule has 0 saturated heterocycles. The van der Waals surface area contributed by atoms with Crippen LogP contribution < -0.4 is 4.74 Å². The Labute approximate surface area is 218 Å². The number of hydrogen-bond acceptors (Lipinski definition) is 3. The van der Waals surface area contributed by atoms with Gasteiger partial charge in [-0.05, 0) is 58.4 Å². The average molecular weight is 487 g/mol. The maximum absolute atomic E-state index is 11.9. The van der Waals surface area contributed by atoms with E-state index >= 15 is 0 Å². The topological polar surface area (TPSA) is 35.5 Å². The van der Waals surface area contributed by atoms with Crippen molar-refractivity contribution in [1.29, 1.82) is 0 Å². The van der Waals surface area contributed by atoms with Crippen molar-refractivity contribution in [3.8, 4) is 5.75 Å². The zero-order valence-electron chi connectivity index (χ0n) is 24.8. The summed E-state index contributed by atoms with van der Waals surface area (Å²) in [5.41, 5.74) is 1.79. The van der Waals surface area contributed by atoms with Crippen molar-refractivity contribution < 1.29 is 14.3 Å². The first-order valence-corrected chi connectivity index (χ1v) is 12.8. The Morgan fingerprint density at radius 3 is 1.60 bits per heavy atom. The minimum atomic E-state index is -0.629. The third-order valence-corrected chi connectivity index (χ3v) is 3.41. The van der Waals surface area contributed by atoms with Gasteiger partial charge in [0.1, 0.15) is 11.5 Å². The largest absolute Gasteiger partial charge is 0.497 e. The first-order valence-electron chi connectivity index (χ1n) is 12.8. The Kier molecular flexibility index (Phi) is 35.1. The van der Waals surface area contributed by atoms with Gasteiger partial charge < -0.3 is 9.47 Å². The van der Waals surface area contributed by atoms with Crippen LogP contribution in [0.15, 0.2) is 84.7 Å². The highest BCUT2D eigenvalue weighted by Crippen LogP contribution is 2.25. The average Bonchev–Trinajstić information content (AvgIpc) is 2.85. The van der Waals surface area contributed by atoms with E-state index in [2.05, 4.69) is 34.3 Å². The van der Waals surface area contributed by atoms with Crippen LogP contribution in [0.3, 0.4) is 0 Å². The summed E-state index contributed by atoms with van der Waals surface area (Å²) in [6, 6.07) is 7.31. The predicted octanol–water partition coefficient (Wildman–Crippen LogP) is 10.4. The van der Waals surface area contributed by atoms with Gasteiger partial charge in [-0.1, -0.05) is 110 Å². The molecule has 0 fully saturated rings. The van der Waals surface area contributed by atoms with Gasteiger partial charge in [0, 0.05) is 5.56 Å². The molecule has 35 heavy (non-hydrogen) atoms. The number of rotatable bonds is 8. The lowest BCUT2D eigenvalue weighted by atomic mass is 10.1. The molecular formula is C32H54O3. The van der Waals surface area contributed by atoms with E-state index in [0.29, 0.717) is 5.76 Å². The van der Waals surface area contributed by atoms with Gasteiger partial charge in [0.2, 0.25) is 0 Å². The molecule has 1 atom stereocenters. The predicted molar refractivity (Wildman–Crippen MR) is 158 cm³/mol. The van der Waals surface area contributed by atoms with E-state index in [0.717, 1.165) is 16.9 Å². The molecule has 0 N–H and O–H groups in total. The van der Waals surface area contributed by atoms with Gasteiger partial charge >= 0.3 is 0 Å². The fraction of sp³-hybridized carbons (Fsp3) is 0.469. The van der Waals surface area contributed by atoms with Crippen LogP contribution in [0, 0.1) is 0 Å². The van der Waals surface area contributed by atoms with Gasteiger partial charge in [-0.25, -0.2) is 0 Å². The molecule has 1 aromatic carbocycles. The number of ketones is 1. The molecular weight excluding hydrogens is 432 g/mol. The highest BCUT2D eigenvalue weighted by Gasteiger charge is 2.19. The summed E-state index contributed by atoms with van der Waals surface area (Å²) in [7, 11) is 1.61. The van der Waals surface area contributed by atoms with Crippen molar-refractivity contribution in [2.75, 3.05) is 7.11 Å². The minimum Gasteiger partial charge on any atom is -0.497 e. The standard InChI is InChI=1S/C18H22O3.C6H10.2C3H8.C2H6/c1-6-7-8-17(13(2)3)21-18(14(4)19)15-9-11-16(20-5)12-10-15;1-3-5-6-4-2;2*1-3-2;1-2/h6-12,18H,1H2,2-5H3;3-6H,1-2H3;2*3H2,1-2H3;1-2H3/b8-7-;5-3-,6-4-;;;. The zero-order chi connectivity index (χ0) is 28.1. The number of allylic oxidation sites excluding steroid dienone is 8. The van der Waals surface area contributed by atoms with E-state index in [9.17, 15) is 4.79 Å². The zero-order valence-corrected chi connectivity index (χ0v) is 24.8. The summed E-state index contributed by atoms with van der Waals surface area (Å²) in [5.74, 6) is 1.37. The van der Waals surface area contributed by atoms with Crippen molar-refractivity contribution in [2.24, 2.45) is 0 Å². The summed E-state index contributed by atoms with van der Waals surface area (Å²) in [6.45, 7) is 25.5. The number of Topliss-reactive ketones (excluding diaryl/α,β-unsaturated/α-hetero) is 1.